The molecule has 1 amide bonds. The summed E-state index contributed by atoms with van der Waals surface area (Å²) >= 11 is 0. The summed E-state index contributed by atoms with van der Waals surface area (Å²) in [5, 5.41) is 20.2. The molecule has 0 aliphatic carbocycles. The molecule has 0 N–H and O–H groups in total. The monoisotopic (exact) mass is 533 g/mol. The molecule has 0 saturated carbocycles. The van der Waals surface area contributed by atoms with Crippen molar-refractivity contribution in [3.8, 4) is 12.1 Å². The first-order valence-electron chi connectivity index (χ1n) is 14.0. The van der Waals surface area contributed by atoms with Crippen LogP contribution in [0.2, 0.25) is 0 Å². The molecule has 3 aliphatic heterocycles. The molecular formula is C32H35N7O. The number of pyridine rings is 1. The molecule has 4 heterocycles. The van der Waals surface area contributed by atoms with Crippen LogP contribution < -0.4 is 14.7 Å². The predicted molar refractivity (Wildman–Crippen MR) is 159 cm³/mol. The van der Waals surface area contributed by atoms with Crippen molar-refractivity contribution in [1.29, 1.82) is 10.5 Å². The van der Waals surface area contributed by atoms with Gasteiger partial charge in [0.2, 0.25) is 5.91 Å². The minimum absolute atomic E-state index is 0.0158. The largest absolute Gasteiger partial charge is 0.366 e. The standard InChI is InChI=1S/C30H32N6O.C2H3N/c1-2-28(37)33-16-18-35(19-17-33)29-24-12-15-36(27-11-7-9-22-8-3-4-10-23(22)27)21-26(24)25(20-31)30(32-29)34-13-5-6-14-34;1-2-3/h2-4,7-11H,1,5-6,12-19,21H2;1H3. The van der Waals surface area contributed by atoms with E-state index in [-0.39, 0.29) is 5.91 Å². The molecule has 6 rings (SSSR count). The summed E-state index contributed by atoms with van der Waals surface area (Å²) < 4.78 is 0. The van der Waals surface area contributed by atoms with Gasteiger partial charge in [-0.25, -0.2) is 4.98 Å². The number of carbonyl (C=O) groups is 1. The Morgan fingerprint density at radius 1 is 0.875 bits per heavy atom. The van der Waals surface area contributed by atoms with Gasteiger partial charge in [-0.15, -0.1) is 0 Å². The molecule has 2 aromatic carbocycles. The van der Waals surface area contributed by atoms with Crippen LogP contribution in [0.25, 0.3) is 10.8 Å². The summed E-state index contributed by atoms with van der Waals surface area (Å²) in [7, 11) is 0. The lowest BCUT2D eigenvalue weighted by atomic mass is 9.94. The van der Waals surface area contributed by atoms with Crippen molar-refractivity contribution in [2.45, 2.75) is 32.7 Å². The van der Waals surface area contributed by atoms with E-state index in [9.17, 15) is 10.1 Å². The van der Waals surface area contributed by atoms with Gasteiger partial charge in [-0.3, -0.25) is 4.79 Å². The predicted octanol–water partition coefficient (Wildman–Crippen LogP) is 4.63. The Morgan fingerprint density at radius 3 is 2.25 bits per heavy atom. The second kappa shape index (κ2) is 12.1. The number of piperazine rings is 1. The average molecular weight is 534 g/mol. The van der Waals surface area contributed by atoms with Crippen LogP contribution in [0.3, 0.4) is 0 Å². The summed E-state index contributed by atoms with van der Waals surface area (Å²) in [5.41, 5.74) is 4.24. The third kappa shape index (κ3) is 5.18. The number of hydrogen-bond donors (Lipinski definition) is 0. The minimum Gasteiger partial charge on any atom is -0.366 e. The van der Waals surface area contributed by atoms with E-state index in [1.165, 1.54) is 35.0 Å². The molecule has 1 aromatic heterocycles. The van der Waals surface area contributed by atoms with Crippen molar-refractivity contribution in [1.82, 2.24) is 9.88 Å². The number of nitrogens with zero attached hydrogens (tertiary/aromatic N) is 7. The lowest BCUT2D eigenvalue weighted by molar-refractivity contribution is -0.126. The van der Waals surface area contributed by atoms with E-state index >= 15 is 0 Å². The second-order valence-electron chi connectivity index (χ2n) is 10.3. The normalized spacial score (nSPS) is 16.5. The molecule has 0 unspecified atom stereocenters. The lowest BCUT2D eigenvalue weighted by Gasteiger charge is -2.39. The third-order valence-electron chi connectivity index (χ3n) is 8.04. The van der Waals surface area contributed by atoms with Gasteiger partial charge in [0.25, 0.3) is 0 Å². The maximum absolute atomic E-state index is 12.1. The van der Waals surface area contributed by atoms with E-state index in [2.05, 4.69) is 69.8 Å². The molecule has 40 heavy (non-hydrogen) atoms. The van der Waals surface area contributed by atoms with E-state index < -0.39 is 0 Å². The molecule has 3 aromatic rings. The van der Waals surface area contributed by atoms with Gasteiger partial charge in [-0.2, -0.15) is 10.5 Å². The Hall–Kier alpha value is -4.56. The third-order valence-corrected chi connectivity index (χ3v) is 8.04. The van der Waals surface area contributed by atoms with Gasteiger partial charge < -0.3 is 19.6 Å². The van der Waals surface area contributed by atoms with E-state index in [0.29, 0.717) is 19.6 Å². The van der Waals surface area contributed by atoms with E-state index in [0.717, 1.165) is 74.7 Å². The zero-order chi connectivity index (χ0) is 28.1. The molecule has 2 fully saturated rings. The smallest absolute Gasteiger partial charge is 0.246 e. The van der Waals surface area contributed by atoms with Gasteiger partial charge in [-0.1, -0.05) is 43.0 Å². The second-order valence-corrected chi connectivity index (χ2v) is 10.3. The summed E-state index contributed by atoms with van der Waals surface area (Å²) in [6, 6.07) is 19.3. The van der Waals surface area contributed by atoms with Crippen LogP contribution in [0.1, 0.15) is 36.5 Å². The fourth-order valence-electron chi connectivity index (χ4n) is 6.09. The highest BCUT2D eigenvalue weighted by molar-refractivity contribution is 5.94. The Bertz CT molecular complexity index is 1480. The van der Waals surface area contributed by atoms with Crippen LogP contribution in [0.15, 0.2) is 55.1 Å². The van der Waals surface area contributed by atoms with Crippen molar-refractivity contribution in [3.05, 3.63) is 71.8 Å². The summed E-state index contributed by atoms with van der Waals surface area (Å²) in [6.07, 6.45) is 4.49. The minimum atomic E-state index is -0.0158. The van der Waals surface area contributed by atoms with Gasteiger partial charge in [0.05, 0.1) is 11.6 Å². The molecule has 2 saturated heterocycles. The van der Waals surface area contributed by atoms with Crippen molar-refractivity contribution in [2.75, 3.05) is 60.5 Å². The van der Waals surface area contributed by atoms with Gasteiger partial charge in [0, 0.05) is 75.9 Å². The SMILES string of the molecule is C=CC(=O)N1CCN(c2nc(N3CCCC3)c(C#N)c3c2CCN(c2cccc4ccccc24)C3)CC1.CC#N. The maximum atomic E-state index is 12.1. The number of amides is 1. The lowest BCUT2D eigenvalue weighted by Crippen LogP contribution is -2.49. The van der Waals surface area contributed by atoms with Crippen LogP contribution in [0.5, 0.6) is 0 Å². The molecule has 0 spiro atoms. The first kappa shape index (κ1) is 27.0. The number of nitriles is 2. The Labute approximate surface area is 236 Å². The summed E-state index contributed by atoms with van der Waals surface area (Å²) in [5.74, 6) is 1.82. The molecule has 0 bridgehead atoms. The molecule has 8 nitrogen and oxygen atoms in total. The fraction of sp³-hybridized carbons (Fsp3) is 0.375. The van der Waals surface area contributed by atoms with Gasteiger partial charge in [0.1, 0.15) is 17.7 Å². The average Bonchev–Trinajstić information content (AvgIpc) is 3.55. The Morgan fingerprint density at radius 2 is 1.55 bits per heavy atom. The molecule has 0 radical (unpaired) electrons. The Balaban J connectivity index is 0.00000103. The van der Waals surface area contributed by atoms with Gasteiger partial charge in [0.15, 0.2) is 0 Å². The number of hydrogen-bond acceptors (Lipinski definition) is 7. The number of carbonyl (C=O) groups excluding carboxylic acids is 1. The van der Waals surface area contributed by atoms with Crippen molar-refractivity contribution >= 4 is 34.0 Å². The summed E-state index contributed by atoms with van der Waals surface area (Å²) in [4.78, 5) is 26.2. The van der Waals surface area contributed by atoms with Gasteiger partial charge in [-0.05, 0) is 42.4 Å². The highest BCUT2D eigenvalue weighted by atomic mass is 16.2. The van der Waals surface area contributed by atoms with E-state index in [1.807, 2.05) is 4.90 Å². The number of rotatable bonds is 4. The number of benzene rings is 2. The molecule has 3 aliphatic rings. The summed E-state index contributed by atoms with van der Waals surface area (Å²) in [6.45, 7) is 11.3. The number of aromatic nitrogens is 1. The van der Waals surface area contributed by atoms with Crippen LogP contribution in [0.4, 0.5) is 17.3 Å². The van der Waals surface area contributed by atoms with Crippen LogP contribution in [-0.4, -0.2) is 61.6 Å². The molecule has 0 atom stereocenters. The number of anilines is 3. The van der Waals surface area contributed by atoms with Crippen LogP contribution >= 0.6 is 0 Å². The first-order valence-corrected chi connectivity index (χ1v) is 14.0. The van der Waals surface area contributed by atoms with Gasteiger partial charge >= 0.3 is 0 Å². The van der Waals surface area contributed by atoms with Crippen molar-refractivity contribution in [2.24, 2.45) is 0 Å². The van der Waals surface area contributed by atoms with Crippen LogP contribution in [0, 0.1) is 22.7 Å². The van der Waals surface area contributed by atoms with Crippen molar-refractivity contribution < 1.29 is 4.79 Å². The quantitative estimate of drug-likeness (QED) is 0.452. The maximum Gasteiger partial charge on any atom is 0.246 e. The number of fused-ring (bicyclic) bond motifs is 2. The topological polar surface area (TPSA) is 90.5 Å². The van der Waals surface area contributed by atoms with E-state index in [1.54, 1.807) is 6.07 Å². The molecular weight excluding hydrogens is 498 g/mol. The fourth-order valence-corrected chi connectivity index (χ4v) is 6.09. The molecule has 204 valence electrons. The zero-order valence-corrected chi connectivity index (χ0v) is 23.1. The highest BCUT2D eigenvalue weighted by Crippen LogP contribution is 2.39. The zero-order valence-electron chi connectivity index (χ0n) is 23.1. The van der Waals surface area contributed by atoms with Crippen molar-refractivity contribution in [3.63, 3.8) is 0 Å². The highest BCUT2D eigenvalue weighted by Gasteiger charge is 2.32. The molecule has 8 heteroatoms. The Kier molecular flexibility index (Phi) is 8.17. The first-order chi connectivity index (χ1) is 19.6. The van der Waals surface area contributed by atoms with E-state index in [4.69, 9.17) is 10.2 Å². The van der Waals surface area contributed by atoms with Crippen LogP contribution in [-0.2, 0) is 17.8 Å².